The van der Waals surface area contributed by atoms with E-state index in [2.05, 4.69) is 29.4 Å². The minimum Gasteiger partial charge on any atom is -0.465 e. The van der Waals surface area contributed by atoms with E-state index >= 15 is 0 Å². The van der Waals surface area contributed by atoms with Crippen molar-refractivity contribution in [2.24, 2.45) is 0 Å². The first-order valence-corrected chi connectivity index (χ1v) is 18.3. The molecule has 4 heterocycles. The molecule has 0 saturated carbocycles. The molecule has 4 saturated heterocycles. The third-order valence-corrected chi connectivity index (χ3v) is 9.10. The fraction of sp³-hybridized carbons (Fsp3) is 0.812. The van der Waals surface area contributed by atoms with Crippen molar-refractivity contribution in [1.82, 2.24) is 20.0 Å². The number of nitrogens with one attached hydrogen (secondary N) is 2. The molecule has 0 bridgehead atoms. The van der Waals surface area contributed by atoms with Crippen LogP contribution in [-0.4, -0.2) is 109 Å². The number of hydrogen-bond donors (Lipinski definition) is 2. The lowest BCUT2D eigenvalue weighted by molar-refractivity contribution is -0.152. The van der Waals surface area contributed by atoms with Crippen LogP contribution in [0.3, 0.4) is 0 Å². The summed E-state index contributed by atoms with van der Waals surface area (Å²) in [4.78, 5) is 66.9. The first-order valence-electron chi connectivity index (χ1n) is 17.3. The van der Waals surface area contributed by atoms with E-state index < -0.39 is 12.1 Å². The van der Waals surface area contributed by atoms with E-state index in [1.54, 1.807) is 13.8 Å². The maximum atomic E-state index is 11.3. The second-order valence-electron chi connectivity index (χ2n) is 11.5. The van der Waals surface area contributed by atoms with Gasteiger partial charge in [-0.05, 0) is 101 Å². The molecule has 2 N–H and O–H groups in total. The Morgan fingerprint density at radius 2 is 1.15 bits per heavy atom. The molecule has 0 aliphatic carbocycles. The smallest absolute Gasteiger partial charge is 0.329 e. The Labute approximate surface area is 290 Å². The Bertz CT molecular complexity index is 1020. The maximum Gasteiger partial charge on any atom is 0.329 e. The topological polar surface area (TPSA) is 170 Å². The molecule has 276 valence electrons. The average molecular weight is 721 g/mol. The van der Waals surface area contributed by atoms with Gasteiger partial charge in [0.1, 0.15) is 24.2 Å². The minimum absolute atomic E-state index is 0.00527. The number of nitrogens with zero attached hydrogens (tertiary/aromatic N) is 2. The number of esters is 4. The Hall–Kier alpha value is -2.40. The number of carbonyl (C=O) groups excluding carboxylic acids is 6. The molecule has 0 spiro atoms. The van der Waals surface area contributed by atoms with E-state index in [1.165, 1.54) is 17.5 Å². The lowest BCUT2D eigenvalue weighted by Gasteiger charge is -2.29. The SMILES string of the molecule is CCOC(=O)C1CCCC(=O)N1.CCOC(=O)C1CCCC(=O)N1P.CCOC(=O)C1CCCCN1.CCOC(=O)C1CCCCN1P. The molecule has 0 radical (unpaired) electrons. The van der Waals surface area contributed by atoms with Crippen LogP contribution in [0.1, 0.15) is 105 Å². The van der Waals surface area contributed by atoms with Crippen molar-refractivity contribution in [2.75, 3.05) is 39.5 Å². The summed E-state index contributed by atoms with van der Waals surface area (Å²) in [7, 11) is 4.88. The predicted octanol–water partition coefficient (Wildman–Crippen LogP) is 2.82. The van der Waals surface area contributed by atoms with Crippen molar-refractivity contribution < 1.29 is 47.7 Å². The second kappa shape index (κ2) is 25.6. The summed E-state index contributed by atoms with van der Waals surface area (Å²) in [5, 5.41) is 5.72. The lowest BCUT2D eigenvalue weighted by Crippen LogP contribution is -2.44. The van der Waals surface area contributed by atoms with Crippen LogP contribution in [0.15, 0.2) is 0 Å². The largest absolute Gasteiger partial charge is 0.465 e. The summed E-state index contributed by atoms with van der Waals surface area (Å²) in [5.41, 5.74) is 0. The zero-order valence-electron chi connectivity index (χ0n) is 29.2. The van der Waals surface area contributed by atoms with E-state index in [0.29, 0.717) is 52.1 Å². The van der Waals surface area contributed by atoms with Crippen molar-refractivity contribution in [2.45, 2.75) is 129 Å². The summed E-state index contributed by atoms with van der Waals surface area (Å²) >= 11 is 0. The number of rotatable bonds is 8. The van der Waals surface area contributed by atoms with Crippen LogP contribution in [0, 0.1) is 0 Å². The molecule has 0 aromatic carbocycles. The van der Waals surface area contributed by atoms with Crippen LogP contribution in [0.4, 0.5) is 0 Å². The Morgan fingerprint density at radius 1 is 0.646 bits per heavy atom. The Kier molecular flexibility index (Phi) is 23.2. The Morgan fingerprint density at radius 3 is 1.69 bits per heavy atom. The van der Waals surface area contributed by atoms with Crippen LogP contribution in [-0.2, 0) is 47.7 Å². The number of ether oxygens (including phenoxy) is 4. The van der Waals surface area contributed by atoms with Gasteiger partial charge in [-0.15, -0.1) is 0 Å². The highest BCUT2D eigenvalue weighted by molar-refractivity contribution is 7.14. The van der Waals surface area contributed by atoms with Crippen molar-refractivity contribution in [3.05, 3.63) is 0 Å². The fourth-order valence-electron chi connectivity index (χ4n) is 5.32. The van der Waals surface area contributed by atoms with Gasteiger partial charge in [0.2, 0.25) is 11.8 Å². The minimum atomic E-state index is -0.411. The van der Waals surface area contributed by atoms with Gasteiger partial charge in [-0.25, -0.2) is 9.59 Å². The average Bonchev–Trinajstić information content (AvgIpc) is 3.08. The molecule has 2 amide bonds. The molecule has 48 heavy (non-hydrogen) atoms. The van der Waals surface area contributed by atoms with Crippen molar-refractivity contribution >= 4 is 54.5 Å². The number of carbonyl (C=O) groups is 6. The van der Waals surface area contributed by atoms with Gasteiger partial charge in [0.25, 0.3) is 0 Å². The summed E-state index contributed by atoms with van der Waals surface area (Å²) < 4.78 is 22.9. The van der Waals surface area contributed by atoms with Crippen molar-refractivity contribution in [3.8, 4) is 0 Å². The molecule has 0 aromatic heterocycles. The van der Waals surface area contributed by atoms with Gasteiger partial charge in [0.05, 0.1) is 26.4 Å². The first kappa shape index (κ1) is 43.6. The Balaban J connectivity index is 0.000000320. The lowest BCUT2D eigenvalue weighted by atomic mass is 10.0. The number of piperidine rings is 4. The fourth-order valence-corrected chi connectivity index (χ4v) is 6.18. The van der Waals surface area contributed by atoms with Crippen LogP contribution >= 0.6 is 18.8 Å². The van der Waals surface area contributed by atoms with Gasteiger partial charge in [-0.1, -0.05) is 15.8 Å². The molecule has 4 aliphatic rings. The number of hydrogen-bond acceptors (Lipinski definition) is 12. The van der Waals surface area contributed by atoms with E-state index in [9.17, 15) is 28.8 Å². The standard InChI is InChI=1S/C8H14NO3P.C8H13NO3.C8H16NO2P.C8H15NO2/c1-2-12-8(11)6-4-3-5-7(10)9(6)13;1-2-12-8(11)6-4-3-5-7(10)9-6;1-2-11-8(10)7-5-3-4-6-9(7)12;1-2-11-8(10)7-5-3-4-6-9-7/h6H,2-5,13H2,1H3;6H,2-5H2,1H3,(H,9,10);7H,2-6,12H2,1H3;7,9H,2-6H2,1H3. The van der Waals surface area contributed by atoms with E-state index in [-0.39, 0.29) is 47.8 Å². The highest BCUT2D eigenvalue weighted by Gasteiger charge is 2.31. The van der Waals surface area contributed by atoms with Crippen LogP contribution < -0.4 is 10.6 Å². The van der Waals surface area contributed by atoms with Crippen molar-refractivity contribution in [1.29, 1.82) is 0 Å². The van der Waals surface area contributed by atoms with Crippen LogP contribution in [0.2, 0.25) is 0 Å². The summed E-state index contributed by atoms with van der Waals surface area (Å²) in [6.07, 6.45) is 10.5. The van der Waals surface area contributed by atoms with E-state index in [1.807, 2.05) is 18.5 Å². The van der Waals surface area contributed by atoms with Gasteiger partial charge in [0, 0.05) is 19.4 Å². The van der Waals surface area contributed by atoms with Gasteiger partial charge in [-0.2, -0.15) is 0 Å². The number of amides is 2. The van der Waals surface area contributed by atoms with E-state index in [4.69, 9.17) is 18.9 Å². The molecular formula is C32H58N4O10P2. The van der Waals surface area contributed by atoms with Gasteiger partial charge in [-0.3, -0.25) is 23.8 Å². The zero-order valence-corrected chi connectivity index (χ0v) is 31.5. The first-order chi connectivity index (χ1) is 23.0. The van der Waals surface area contributed by atoms with Gasteiger partial charge < -0.3 is 34.3 Å². The predicted molar refractivity (Wildman–Crippen MR) is 186 cm³/mol. The van der Waals surface area contributed by atoms with Crippen LogP contribution in [0.25, 0.3) is 0 Å². The maximum absolute atomic E-state index is 11.3. The molecule has 4 fully saturated rings. The molecule has 6 unspecified atom stereocenters. The van der Waals surface area contributed by atoms with Gasteiger partial charge >= 0.3 is 23.9 Å². The molecule has 16 heteroatoms. The summed E-state index contributed by atoms with van der Waals surface area (Å²) in [5.74, 6) is -0.843. The molecule has 4 rings (SSSR count). The molecule has 6 atom stereocenters. The molecule has 4 aliphatic heterocycles. The highest BCUT2D eigenvalue weighted by atomic mass is 31.0. The summed E-state index contributed by atoms with van der Waals surface area (Å²) in [6, 6.07) is -0.871. The molecular weight excluding hydrogens is 662 g/mol. The zero-order chi connectivity index (χ0) is 35.9. The quantitative estimate of drug-likeness (QED) is 0.214. The highest BCUT2D eigenvalue weighted by Crippen LogP contribution is 2.23. The monoisotopic (exact) mass is 720 g/mol. The van der Waals surface area contributed by atoms with E-state index in [0.717, 1.165) is 51.6 Å². The molecule has 14 nitrogen and oxygen atoms in total. The van der Waals surface area contributed by atoms with Gasteiger partial charge in [0.15, 0.2) is 0 Å². The van der Waals surface area contributed by atoms with Crippen LogP contribution in [0.5, 0.6) is 0 Å². The molecule has 0 aromatic rings. The normalized spacial score (nSPS) is 24.0. The summed E-state index contributed by atoms with van der Waals surface area (Å²) in [6.45, 7) is 10.8. The third kappa shape index (κ3) is 16.8. The second-order valence-corrected chi connectivity index (χ2v) is 12.7. The van der Waals surface area contributed by atoms with Crippen molar-refractivity contribution in [3.63, 3.8) is 0 Å². The third-order valence-electron chi connectivity index (χ3n) is 7.84.